The van der Waals surface area contributed by atoms with Gasteiger partial charge in [-0.15, -0.1) is 10.2 Å². The predicted molar refractivity (Wildman–Crippen MR) is 99.0 cm³/mol. The molecule has 4 aromatic rings. The maximum Gasteiger partial charge on any atom is 0.272 e. The predicted octanol–water partition coefficient (Wildman–Crippen LogP) is 1.99. The Bertz CT molecular complexity index is 997. The number of benzene rings is 2. The van der Waals surface area contributed by atoms with E-state index in [0.717, 1.165) is 16.9 Å². The highest BCUT2D eigenvalue weighted by Crippen LogP contribution is 2.23. The summed E-state index contributed by atoms with van der Waals surface area (Å²) in [6.07, 6.45) is 0. The molecule has 0 unspecified atom stereocenters. The fraction of sp³-hybridized carbons (Fsp3) is 0.105. The van der Waals surface area contributed by atoms with Crippen LogP contribution in [0, 0.1) is 0 Å². The fourth-order valence-corrected chi connectivity index (χ4v) is 2.72. The van der Waals surface area contributed by atoms with E-state index in [2.05, 4.69) is 25.8 Å². The van der Waals surface area contributed by atoms with Gasteiger partial charge in [0.25, 0.3) is 5.91 Å². The summed E-state index contributed by atoms with van der Waals surface area (Å²) in [5, 5.41) is 19.0. The number of carbonyl (C=O) groups is 1. The lowest BCUT2D eigenvalue weighted by Gasteiger charge is -2.07. The van der Waals surface area contributed by atoms with Crippen LogP contribution in [0.3, 0.4) is 0 Å². The summed E-state index contributed by atoms with van der Waals surface area (Å²) in [5.41, 5.74) is 3.01. The summed E-state index contributed by atoms with van der Waals surface area (Å²) in [5.74, 6) is 0.144. The molecular weight excluding hydrogens is 342 g/mol. The molecule has 0 bridgehead atoms. The lowest BCUT2D eigenvalue weighted by Crippen LogP contribution is -2.24. The molecule has 0 saturated heterocycles. The van der Waals surface area contributed by atoms with Crippen LogP contribution in [-0.4, -0.2) is 35.9 Å². The third-order valence-corrected chi connectivity index (χ3v) is 3.97. The molecule has 0 aliphatic carbocycles. The molecule has 2 aromatic heterocycles. The van der Waals surface area contributed by atoms with Crippen molar-refractivity contribution < 1.29 is 4.79 Å². The molecule has 8 nitrogen and oxygen atoms in total. The summed E-state index contributed by atoms with van der Waals surface area (Å²) in [6.45, 7) is 0.186. The van der Waals surface area contributed by atoms with Crippen LogP contribution >= 0.6 is 0 Å². The molecule has 4 rings (SSSR count). The molecule has 0 aliphatic heterocycles. The lowest BCUT2D eigenvalue weighted by atomic mass is 10.1. The second-order valence-corrected chi connectivity index (χ2v) is 5.91. The third kappa shape index (κ3) is 3.59. The average molecular weight is 359 g/mol. The maximum atomic E-state index is 12.6. The van der Waals surface area contributed by atoms with Crippen LogP contribution < -0.4 is 5.32 Å². The number of hydrogen-bond acceptors (Lipinski definition) is 5. The Morgan fingerprint density at radius 1 is 1.00 bits per heavy atom. The van der Waals surface area contributed by atoms with E-state index in [1.165, 1.54) is 4.80 Å². The molecule has 8 heteroatoms. The van der Waals surface area contributed by atoms with Gasteiger partial charge in [-0.05, 0) is 23.4 Å². The number of nitrogens with zero attached hydrogens (tertiary/aromatic N) is 6. The molecule has 0 spiro atoms. The zero-order valence-corrected chi connectivity index (χ0v) is 14.6. The number of amides is 1. The minimum absolute atomic E-state index is 0.186. The van der Waals surface area contributed by atoms with Gasteiger partial charge in [0.05, 0.1) is 25.0 Å². The Morgan fingerprint density at radius 2 is 1.70 bits per heavy atom. The summed E-state index contributed by atoms with van der Waals surface area (Å²) in [4.78, 5) is 13.9. The van der Waals surface area contributed by atoms with E-state index in [1.807, 2.05) is 60.7 Å². The van der Waals surface area contributed by atoms with E-state index in [4.69, 9.17) is 0 Å². The molecular formula is C19H17N7O. The number of nitrogens with one attached hydrogen (secondary N) is 1. The largest absolute Gasteiger partial charge is 0.343 e. The van der Waals surface area contributed by atoms with E-state index in [9.17, 15) is 4.79 Å². The summed E-state index contributed by atoms with van der Waals surface area (Å²) >= 11 is 0. The van der Waals surface area contributed by atoms with Gasteiger partial charge in [0.2, 0.25) is 0 Å². The first kappa shape index (κ1) is 16.6. The molecule has 2 heterocycles. The molecule has 0 fully saturated rings. The maximum absolute atomic E-state index is 12.6. The first-order chi connectivity index (χ1) is 13.2. The Morgan fingerprint density at radius 3 is 2.37 bits per heavy atom. The van der Waals surface area contributed by atoms with Gasteiger partial charge < -0.3 is 5.32 Å². The van der Waals surface area contributed by atoms with Crippen molar-refractivity contribution in [2.24, 2.45) is 7.05 Å². The number of hydrogen-bond donors (Lipinski definition) is 1. The molecule has 0 aliphatic rings. The summed E-state index contributed by atoms with van der Waals surface area (Å²) < 4.78 is 1.77. The molecule has 0 saturated carbocycles. The highest BCUT2D eigenvalue weighted by molar-refractivity contribution is 5.93. The van der Waals surface area contributed by atoms with Crippen LogP contribution in [0.15, 0.2) is 66.7 Å². The number of rotatable bonds is 5. The van der Waals surface area contributed by atoms with Crippen molar-refractivity contribution in [3.05, 3.63) is 78.2 Å². The highest BCUT2D eigenvalue weighted by atomic mass is 16.1. The van der Waals surface area contributed by atoms with Crippen LogP contribution in [0.5, 0.6) is 0 Å². The van der Waals surface area contributed by atoms with Crippen LogP contribution in [-0.2, 0) is 13.6 Å². The van der Waals surface area contributed by atoms with Crippen molar-refractivity contribution in [1.29, 1.82) is 0 Å². The number of para-hydroxylation sites is 1. The molecule has 27 heavy (non-hydrogen) atoms. The second kappa shape index (κ2) is 7.20. The van der Waals surface area contributed by atoms with Crippen molar-refractivity contribution in [1.82, 2.24) is 35.3 Å². The Balaban J connectivity index is 1.65. The zero-order valence-electron chi connectivity index (χ0n) is 14.6. The lowest BCUT2D eigenvalue weighted by molar-refractivity contribution is 0.0944. The number of aromatic nitrogens is 6. The quantitative estimate of drug-likeness (QED) is 0.588. The van der Waals surface area contributed by atoms with Gasteiger partial charge >= 0.3 is 0 Å². The fourth-order valence-electron chi connectivity index (χ4n) is 2.72. The molecule has 134 valence electrons. The van der Waals surface area contributed by atoms with E-state index < -0.39 is 0 Å². The van der Waals surface area contributed by atoms with Gasteiger partial charge in [0.1, 0.15) is 0 Å². The van der Waals surface area contributed by atoms with Crippen molar-refractivity contribution in [3.8, 4) is 16.9 Å². The number of carbonyl (C=O) groups excluding carboxylic acids is 1. The van der Waals surface area contributed by atoms with Crippen molar-refractivity contribution in [2.45, 2.75) is 6.54 Å². The topological polar surface area (TPSA) is 90.5 Å². The minimum Gasteiger partial charge on any atom is -0.343 e. The van der Waals surface area contributed by atoms with Gasteiger partial charge in [-0.1, -0.05) is 48.5 Å². The SMILES string of the molecule is Cn1nnc(CNC(=O)c2cc(-c3ccccc3)n(-c3ccccc3)n2)n1. The van der Waals surface area contributed by atoms with Crippen molar-refractivity contribution in [3.63, 3.8) is 0 Å². The van der Waals surface area contributed by atoms with Crippen LogP contribution in [0.25, 0.3) is 16.9 Å². The van der Waals surface area contributed by atoms with Crippen LogP contribution in [0.4, 0.5) is 0 Å². The smallest absolute Gasteiger partial charge is 0.272 e. The Hall–Kier alpha value is -3.81. The Kier molecular flexibility index (Phi) is 4.44. The Labute approximate surface area is 155 Å². The first-order valence-corrected chi connectivity index (χ1v) is 8.43. The van der Waals surface area contributed by atoms with E-state index in [1.54, 1.807) is 17.8 Å². The van der Waals surface area contributed by atoms with E-state index in [-0.39, 0.29) is 12.5 Å². The average Bonchev–Trinajstić information content (AvgIpc) is 3.34. The van der Waals surface area contributed by atoms with Gasteiger partial charge in [0.15, 0.2) is 11.5 Å². The van der Waals surface area contributed by atoms with Crippen LogP contribution in [0.1, 0.15) is 16.3 Å². The summed E-state index contributed by atoms with van der Waals surface area (Å²) in [7, 11) is 1.67. The highest BCUT2D eigenvalue weighted by Gasteiger charge is 2.17. The first-order valence-electron chi connectivity index (χ1n) is 8.43. The molecule has 0 atom stereocenters. The second-order valence-electron chi connectivity index (χ2n) is 5.91. The monoisotopic (exact) mass is 359 g/mol. The van der Waals surface area contributed by atoms with Gasteiger partial charge in [-0.2, -0.15) is 9.90 Å². The third-order valence-electron chi connectivity index (χ3n) is 3.97. The normalized spacial score (nSPS) is 10.7. The standard InChI is InChI=1S/C19H17N7O/c1-25-23-18(21-24-25)13-20-19(27)16-12-17(14-8-4-2-5-9-14)26(22-16)15-10-6-3-7-11-15/h2-12H,13H2,1H3,(H,20,27). The zero-order chi connectivity index (χ0) is 18.6. The number of tetrazole rings is 1. The number of aryl methyl sites for hydroxylation is 1. The molecule has 1 N–H and O–H groups in total. The van der Waals surface area contributed by atoms with Crippen LogP contribution in [0.2, 0.25) is 0 Å². The molecule has 2 aromatic carbocycles. The molecule has 1 amide bonds. The van der Waals surface area contributed by atoms with E-state index in [0.29, 0.717) is 11.5 Å². The van der Waals surface area contributed by atoms with Gasteiger partial charge in [-0.25, -0.2) is 4.68 Å². The van der Waals surface area contributed by atoms with Crippen molar-refractivity contribution >= 4 is 5.91 Å². The van der Waals surface area contributed by atoms with Gasteiger partial charge in [0, 0.05) is 5.56 Å². The van der Waals surface area contributed by atoms with Crippen molar-refractivity contribution in [2.75, 3.05) is 0 Å². The molecule has 0 radical (unpaired) electrons. The van der Waals surface area contributed by atoms with Gasteiger partial charge in [-0.3, -0.25) is 4.79 Å². The van der Waals surface area contributed by atoms with E-state index >= 15 is 0 Å². The summed E-state index contributed by atoms with van der Waals surface area (Å²) in [6, 6.07) is 21.3. The minimum atomic E-state index is -0.297.